The summed E-state index contributed by atoms with van der Waals surface area (Å²) in [5.74, 6) is -0.986. The van der Waals surface area contributed by atoms with E-state index >= 15 is 0 Å². The van der Waals surface area contributed by atoms with Gasteiger partial charge in [-0.05, 0) is 44.7 Å². The van der Waals surface area contributed by atoms with Crippen molar-refractivity contribution in [1.29, 1.82) is 0 Å². The Hall–Kier alpha value is -0.743. The van der Waals surface area contributed by atoms with Crippen LogP contribution in [0, 0.1) is 11.6 Å². The number of hydrogen-bond acceptors (Lipinski definition) is 1. The molecule has 0 heterocycles. The molecule has 93 valence electrons. The first-order valence-electron chi connectivity index (χ1n) is 5.73. The zero-order chi connectivity index (χ0) is 12.9. The molecule has 0 N–H and O–H groups in total. The van der Waals surface area contributed by atoms with Crippen LogP contribution in [0.1, 0.15) is 38.7 Å². The summed E-state index contributed by atoms with van der Waals surface area (Å²) in [7, 11) is 3.03. The van der Waals surface area contributed by atoms with Crippen LogP contribution in [0.25, 0.3) is 0 Å². The molecule has 0 aromatic heterocycles. The first kappa shape index (κ1) is 14.3. The van der Waals surface area contributed by atoms with E-state index in [1.54, 1.807) is 0 Å². The number of aryl methyl sites for hydroxylation is 1. The molecule has 0 aliphatic rings. The Kier molecular flexibility index (Phi) is 5.27. The Morgan fingerprint density at radius 1 is 1.24 bits per heavy atom. The van der Waals surface area contributed by atoms with Crippen LogP contribution in [0.3, 0.4) is 0 Å². The standard InChI is InChI=1S/C13H17F2OSi/c1-13(2,16-17)8-4-3-5-10-6-7-11(14)9-12(10)15/h6-7,9H,3-5,8H2,1-2H3. The van der Waals surface area contributed by atoms with E-state index in [4.69, 9.17) is 4.43 Å². The van der Waals surface area contributed by atoms with Crippen molar-refractivity contribution in [3.63, 3.8) is 0 Å². The lowest BCUT2D eigenvalue weighted by Crippen LogP contribution is -2.22. The molecule has 0 atom stereocenters. The fourth-order valence-electron chi connectivity index (χ4n) is 1.64. The van der Waals surface area contributed by atoms with Crippen molar-refractivity contribution in [1.82, 2.24) is 0 Å². The van der Waals surface area contributed by atoms with Crippen molar-refractivity contribution < 1.29 is 13.2 Å². The summed E-state index contributed by atoms with van der Waals surface area (Å²) in [6.45, 7) is 3.97. The molecule has 3 radical (unpaired) electrons. The van der Waals surface area contributed by atoms with Crippen LogP contribution in [0.5, 0.6) is 0 Å². The maximum absolute atomic E-state index is 13.3. The van der Waals surface area contributed by atoms with Crippen LogP contribution in [0.2, 0.25) is 0 Å². The summed E-state index contributed by atoms with van der Waals surface area (Å²) in [4.78, 5) is 0. The summed E-state index contributed by atoms with van der Waals surface area (Å²) in [6, 6.07) is 3.74. The molecule has 1 rings (SSSR count). The van der Waals surface area contributed by atoms with Gasteiger partial charge in [-0.15, -0.1) is 0 Å². The molecule has 0 unspecified atom stereocenters. The quantitative estimate of drug-likeness (QED) is 0.558. The first-order chi connectivity index (χ1) is 7.94. The molecule has 0 spiro atoms. The third-order valence-electron chi connectivity index (χ3n) is 2.77. The van der Waals surface area contributed by atoms with Crippen LogP contribution in [-0.2, 0) is 10.8 Å². The van der Waals surface area contributed by atoms with Crippen molar-refractivity contribution in [2.45, 2.75) is 45.1 Å². The lowest BCUT2D eigenvalue weighted by Gasteiger charge is -2.22. The molecule has 1 aromatic rings. The van der Waals surface area contributed by atoms with Crippen molar-refractivity contribution >= 4 is 10.5 Å². The van der Waals surface area contributed by atoms with E-state index in [2.05, 4.69) is 10.5 Å². The highest BCUT2D eigenvalue weighted by molar-refractivity contribution is 5.98. The third kappa shape index (κ3) is 4.96. The maximum Gasteiger partial charge on any atom is 0.246 e. The van der Waals surface area contributed by atoms with Gasteiger partial charge in [0.1, 0.15) is 11.6 Å². The summed E-state index contributed by atoms with van der Waals surface area (Å²) >= 11 is 0. The normalized spacial score (nSPS) is 11.8. The summed E-state index contributed by atoms with van der Waals surface area (Å²) < 4.78 is 31.1. The van der Waals surface area contributed by atoms with Gasteiger partial charge in [-0.1, -0.05) is 12.5 Å². The number of hydrogen-bond donors (Lipinski definition) is 0. The highest BCUT2D eigenvalue weighted by Crippen LogP contribution is 2.18. The molecule has 0 amide bonds. The second-order valence-electron chi connectivity index (χ2n) is 4.80. The lowest BCUT2D eigenvalue weighted by atomic mass is 9.99. The highest BCUT2D eigenvalue weighted by atomic mass is 28.2. The summed E-state index contributed by atoms with van der Waals surface area (Å²) in [6.07, 6.45) is 3.32. The predicted molar refractivity (Wildman–Crippen MR) is 64.8 cm³/mol. The molecule has 0 fully saturated rings. The molecule has 0 bridgehead atoms. The zero-order valence-corrected chi connectivity index (χ0v) is 11.2. The second-order valence-corrected chi connectivity index (χ2v) is 5.01. The molecule has 4 heteroatoms. The fourth-order valence-corrected chi connectivity index (χ4v) is 1.74. The summed E-state index contributed by atoms with van der Waals surface area (Å²) in [5, 5.41) is 0. The number of benzene rings is 1. The van der Waals surface area contributed by atoms with Crippen molar-refractivity contribution in [2.75, 3.05) is 0 Å². The highest BCUT2D eigenvalue weighted by Gasteiger charge is 2.14. The van der Waals surface area contributed by atoms with E-state index in [0.29, 0.717) is 12.0 Å². The van der Waals surface area contributed by atoms with E-state index < -0.39 is 11.6 Å². The monoisotopic (exact) mass is 255 g/mol. The number of halogens is 2. The van der Waals surface area contributed by atoms with Gasteiger partial charge in [-0.2, -0.15) is 0 Å². The van der Waals surface area contributed by atoms with E-state index in [1.807, 2.05) is 13.8 Å². The fraction of sp³-hybridized carbons (Fsp3) is 0.538. The van der Waals surface area contributed by atoms with E-state index in [-0.39, 0.29) is 5.60 Å². The molecule has 0 aliphatic heterocycles. The van der Waals surface area contributed by atoms with Gasteiger partial charge in [0, 0.05) is 11.7 Å². The molecule has 17 heavy (non-hydrogen) atoms. The average Bonchev–Trinajstić information content (AvgIpc) is 2.27. The van der Waals surface area contributed by atoms with Gasteiger partial charge in [0.15, 0.2) is 0 Å². The van der Waals surface area contributed by atoms with Crippen LogP contribution in [-0.4, -0.2) is 16.1 Å². The van der Waals surface area contributed by atoms with Gasteiger partial charge in [-0.3, -0.25) is 0 Å². The Morgan fingerprint density at radius 2 is 1.94 bits per heavy atom. The Bertz CT molecular complexity index is 366. The van der Waals surface area contributed by atoms with Crippen molar-refractivity contribution in [3.8, 4) is 0 Å². The van der Waals surface area contributed by atoms with Crippen LogP contribution in [0.15, 0.2) is 18.2 Å². The van der Waals surface area contributed by atoms with Gasteiger partial charge >= 0.3 is 0 Å². The smallest absolute Gasteiger partial charge is 0.246 e. The molecule has 1 nitrogen and oxygen atoms in total. The zero-order valence-electron chi connectivity index (χ0n) is 10.2. The lowest BCUT2D eigenvalue weighted by molar-refractivity contribution is 0.109. The molecule has 0 saturated heterocycles. The van der Waals surface area contributed by atoms with Crippen LogP contribution < -0.4 is 0 Å². The molecule has 1 aromatic carbocycles. The summed E-state index contributed by atoms with van der Waals surface area (Å²) in [5.41, 5.74) is 0.363. The van der Waals surface area contributed by atoms with Gasteiger partial charge in [-0.25, -0.2) is 8.78 Å². The Morgan fingerprint density at radius 3 is 2.53 bits per heavy atom. The molecular weight excluding hydrogens is 238 g/mol. The number of unbranched alkanes of at least 4 members (excludes halogenated alkanes) is 1. The predicted octanol–water partition coefficient (Wildman–Crippen LogP) is 3.56. The van der Waals surface area contributed by atoms with Crippen LogP contribution >= 0.6 is 0 Å². The molecular formula is C13H17F2OSi. The third-order valence-corrected chi connectivity index (χ3v) is 3.32. The van der Waals surface area contributed by atoms with E-state index in [1.165, 1.54) is 12.1 Å². The Labute approximate surface area is 105 Å². The minimum atomic E-state index is -0.528. The maximum atomic E-state index is 13.3. The Balaban J connectivity index is 2.36. The van der Waals surface area contributed by atoms with Crippen molar-refractivity contribution in [2.24, 2.45) is 0 Å². The molecule has 0 aliphatic carbocycles. The largest absolute Gasteiger partial charge is 0.414 e. The topological polar surface area (TPSA) is 9.23 Å². The minimum Gasteiger partial charge on any atom is -0.414 e. The van der Waals surface area contributed by atoms with Gasteiger partial charge in [0.25, 0.3) is 0 Å². The van der Waals surface area contributed by atoms with Gasteiger partial charge < -0.3 is 4.43 Å². The van der Waals surface area contributed by atoms with E-state index in [9.17, 15) is 8.78 Å². The minimum absolute atomic E-state index is 0.210. The average molecular weight is 255 g/mol. The van der Waals surface area contributed by atoms with Crippen molar-refractivity contribution in [3.05, 3.63) is 35.4 Å². The van der Waals surface area contributed by atoms with Gasteiger partial charge in [0.05, 0.1) is 0 Å². The first-order valence-corrected chi connectivity index (χ1v) is 6.14. The van der Waals surface area contributed by atoms with Gasteiger partial charge in [0.2, 0.25) is 10.5 Å². The van der Waals surface area contributed by atoms with E-state index in [0.717, 1.165) is 25.3 Å². The number of rotatable bonds is 6. The SMILES string of the molecule is CC(C)(CCCCc1ccc(F)cc1F)O[Si]. The van der Waals surface area contributed by atoms with Crippen LogP contribution in [0.4, 0.5) is 8.78 Å². The second kappa shape index (κ2) is 6.26. The molecule has 0 saturated carbocycles.